The largest absolute Gasteiger partial charge is 0.490 e. The van der Waals surface area contributed by atoms with Gasteiger partial charge < -0.3 is 14.0 Å². The number of rotatable bonds is 9. The van der Waals surface area contributed by atoms with Gasteiger partial charge in [0.05, 0.1) is 23.7 Å². The first-order valence-electron chi connectivity index (χ1n) is 12.2. The molecular formula is C27H37N3O2. The SMILES string of the molecule is CCOc1cc(CN2CCC(n3c(C)nc4ccccc43)CC2)ccc1OC(CC)CC. The lowest BCUT2D eigenvalue weighted by Gasteiger charge is -2.33. The number of hydrogen-bond donors (Lipinski definition) is 0. The number of benzene rings is 2. The average molecular weight is 436 g/mol. The minimum absolute atomic E-state index is 0.238. The topological polar surface area (TPSA) is 39.5 Å². The maximum absolute atomic E-state index is 6.20. The molecule has 1 saturated heterocycles. The van der Waals surface area contributed by atoms with Crippen molar-refractivity contribution >= 4 is 11.0 Å². The summed E-state index contributed by atoms with van der Waals surface area (Å²) in [4.78, 5) is 7.32. The van der Waals surface area contributed by atoms with Crippen LogP contribution in [0, 0.1) is 6.92 Å². The lowest BCUT2D eigenvalue weighted by molar-refractivity contribution is 0.177. The van der Waals surface area contributed by atoms with E-state index in [0.29, 0.717) is 12.6 Å². The minimum Gasteiger partial charge on any atom is -0.490 e. The van der Waals surface area contributed by atoms with Gasteiger partial charge in [-0.05, 0) is 69.4 Å². The number of hydrogen-bond acceptors (Lipinski definition) is 4. The van der Waals surface area contributed by atoms with Gasteiger partial charge in [-0.3, -0.25) is 4.90 Å². The summed E-state index contributed by atoms with van der Waals surface area (Å²) >= 11 is 0. The number of aromatic nitrogens is 2. The van der Waals surface area contributed by atoms with Gasteiger partial charge in [0.1, 0.15) is 5.82 Å². The fourth-order valence-electron chi connectivity index (χ4n) is 4.87. The van der Waals surface area contributed by atoms with Crippen molar-refractivity contribution < 1.29 is 9.47 Å². The molecule has 5 heteroatoms. The molecule has 0 amide bonds. The average Bonchev–Trinajstić information content (AvgIpc) is 3.15. The Kier molecular flexibility index (Phi) is 7.36. The summed E-state index contributed by atoms with van der Waals surface area (Å²) in [5.41, 5.74) is 3.65. The highest BCUT2D eigenvalue weighted by atomic mass is 16.5. The summed E-state index contributed by atoms with van der Waals surface area (Å²) in [6, 6.07) is 15.5. The summed E-state index contributed by atoms with van der Waals surface area (Å²) < 4.78 is 14.6. The van der Waals surface area contributed by atoms with Gasteiger partial charge in [-0.15, -0.1) is 0 Å². The van der Waals surface area contributed by atoms with Crippen molar-refractivity contribution in [1.29, 1.82) is 0 Å². The lowest BCUT2D eigenvalue weighted by Crippen LogP contribution is -2.34. The van der Waals surface area contributed by atoms with E-state index in [-0.39, 0.29) is 6.10 Å². The van der Waals surface area contributed by atoms with Crippen LogP contribution in [0.2, 0.25) is 0 Å². The van der Waals surface area contributed by atoms with E-state index in [1.54, 1.807) is 0 Å². The number of para-hydroxylation sites is 2. The maximum Gasteiger partial charge on any atom is 0.161 e. The highest BCUT2D eigenvalue weighted by molar-refractivity contribution is 5.76. The van der Waals surface area contributed by atoms with Gasteiger partial charge in [-0.1, -0.05) is 32.0 Å². The van der Waals surface area contributed by atoms with Crippen molar-refractivity contribution in [2.45, 2.75) is 72.1 Å². The van der Waals surface area contributed by atoms with Crippen LogP contribution in [-0.4, -0.2) is 40.3 Å². The molecule has 5 nitrogen and oxygen atoms in total. The summed E-state index contributed by atoms with van der Waals surface area (Å²) in [5, 5.41) is 0. The number of ether oxygens (including phenoxy) is 2. The highest BCUT2D eigenvalue weighted by Gasteiger charge is 2.23. The Labute approximate surface area is 192 Å². The Morgan fingerprint density at radius 1 is 1.00 bits per heavy atom. The molecule has 1 aliphatic rings. The molecule has 0 radical (unpaired) electrons. The second kappa shape index (κ2) is 10.4. The molecule has 4 rings (SSSR count). The van der Waals surface area contributed by atoms with Gasteiger partial charge in [0, 0.05) is 25.7 Å². The van der Waals surface area contributed by atoms with Crippen molar-refractivity contribution in [3.8, 4) is 11.5 Å². The van der Waals surface area contributed by atoms with E-state index in [2.05, 4.69) is 72.7 Å². The zero-order chi connectivity index (χ0) is 22.5. The normalized spacial score (nSPS) is 15.5. The third-order valence-electron chi connectivity index (χ3n) is 6.61. The monoisotopic (exact) mass is 435 g/mol. The molecule has 0 spiro atoms. The predicted octanol–water partition coefficient (Wildman–Crippen LogP) is 6.15. The summed E-state index contributed by atoms with van der Waals surface area (Å²) in [7, 11) is 0. The van der Waals surface area contributed by atoms with Crippen LogP contribution in [0.15, 0.2) is 42.5 Å². The number of nitrogens with zero attached hydrogens (tertiary/aromatic N) is 3. The smallest absolute Gasteiger partial charge is 0.161 e. The third-order valence-corrected chi connectivity index (χ3v) is 6.61. The van der Waals surface area contributed by atoms with Gasteiger partial charge in [0.15, 0.2) is 11.5 Å². The number of fused-ring (bicyclic) bond motifs is 1. The van der Waals surface area contributed by atoms with Crippen LogP contribution >= 0.6 is 0 Å². The molecule has 0 bridgehead atoms. The van der Waals surface area contributed by atoms with Gasteiger partial charge in [-0.25, -0.2) is 4.98 Å². The summed E-state index contributed by atoms with van der Waals surface area (Å²) in [5.74, 6) is 2.86. The molecule has 32 heavy (non-hydrogen) atoms. The van der Waals surface area contributed by atoms with Gasteiger partial charge in [-0.2, -0.15) is 0 Å². The van der Waals surface area contributed by atoms with Crippen molar-refractivity contribution in [2.24, 2.45) is 0 Å². The van der Waals surface area contributed by atoms with Crippen molar-refractivity contribution in [3.05, 3.63) is 53.9 Å². The molecule has 0 aliphatic carbocycles. The molecule has 1 aliphatic heterocycles. The van der Waals surface area contributed by atoms with E-state index >= 15 is 0 Å². The molecule has 0 unspecified atom stereocenters. The molecular weight excluding hydrogens is 398 g/mol. The van der Waals surface area contributed by atoms with E-state index in [4.69, 9.17) is 14.5 Å². The third kappa shape index (κ3) is 4.93. The standard InChI is InChI=1S/C27H37N3O2/c1-5-23(6-2)32-26-13-12-21(18-27(26)31-7-3)19-29-16-14-22(15-17-29)30-20(4)28-24-10-8-9-11-25(24)30/h8-13,18,22-23H,5-7,14-17,19H2,1-4H3. The van der Waals surface area contributed by atoms with Crippen molar-refractivity contribution in [1.82, 2.24) is 14.5 Å². The Morgan fingerprint density at radius 2 is 1.75 bits per heavy atom. The fourth-order valence-corrected chi connectivity index (χ4v) is 4.87. The Morgan fingerprint density at radius 3 is 2.47 bits per heavy atom. The quantitative estimate of drug-likeness (QED) is 0.404. The van der Waals surface area contributed by atoms with E-state index in [1.807, 2.05) is 6.92 Å². The number of piperidine rings is 1. The molecule has 2 aromatic carbocycles. The first-order valence-corrected chi connectivity index (χ1v) is 12.2. The second-order valence-electron chi connectivity index (χ2n) is 8.80. The van der Waals surface area contributed by atoms with E-state index in [1.165, 1.54) is 11.1 Å². The van der Waals surface area contributed by atoms with E-state index < -0.39 is 0 Å². The summed E-state index contributed by atoms with van der Waals surface area (Å²) in [6.07, 6.45) is 4.54. The molecule has 1 fully saturated rings. The van der Waals surface area contributed by atoms with Crippen LogP contribution in [0.4, 0.5) is 0 Å². The van der Waals surface area contributed by atoms with Gasteiger partial charge in [0.25, 0.3) is 0 Å². The Bertz CT molecular complexity index is 1020. The molecule has 2 heterocycles. The van der Waals surface area contributed by atoms with Crippen LogP contribution in [-0.2, 0) is 6.54 Å². The molecule has 1 aromatic heterocycles. The highest BCUT2D eigenvalue weighted by Crippen LogP contribution is 2.32. The molecule has 0 N–H and O–H groups in total. The van der Waals surface area contributed by atoms with E-state index in [0.717, 1.165) is 68.2 Å². The van der Waals surface area contributed by atoms with Crippen LogP contribution < -0.4 is 9.47 Å². The molecule has 0 saturated carbocycles. The first kappa shape index (κ1) is 22.7. The zero-order valence-electron chi connectivity index (χ0n) is 20.0. The van der Waals surface area contributed by atoms with Crippen LogP contribution in [0.25, 0.3) is 11.0 Å². The fraction of sp³-hybridized carbons (Fsp3) is 0.519. The molecule has 0 atom stereocenters. The Hall–Kier alpha value is -2.53. The second-order valence-corrected chi connectivity index (χ2v) is 8.80. The van der Waals surface area contributed by atoms with Crippen LogP contribution in [0.1, 0.15) is 63.9 Å². The number of aryl methyl sites for hydroxylation is 1. The number of likely N-dealkylation sites (tertiary alicyclic amines) is 1. The minimum atomic E-state index is 0.238. The zero-order valence-corrected chi connectivity index (χ0v) is 20.0. The first-order chi connectivity index (χ1) is 15.6. The molecule has 172 valence electrons. The predicted molar refractivity (Wildman–Crippen MR) is 131 cm³/mol. The van der Waals surface area contributed by atoms with Crippen molar-refractivity contribution in [3.63, 3.8) is 0 Å². The molecule has 3 aromatic rings. The lowest BCUT2D eigenvalue weighted by atomic mass is 10.0. The van der Waals surface area contributed by atoms with Gasteiger partial charge >= 0.3 is 0 Å². The van der Waals surface area contributed by atoms with Crippen molar-refractivity contribution in [2.75, 3.05) is 19.7 Å². The Balaban J connectivity index is 1.41. The summed E-state index contributed by atoms with van der Waals surface area (Å²) in [6.45, 7) is 12.3. The van der Waals surface area contributed by atoms with Gasteiger partial charge in [0.2, 0.25) is 0 Å². The van der Waals surface area contributed by atoms with Crippen LogP contribution in [0.3, 0.4) is 0 Å². The van der Waals surface area contributed by atoms with Crippen LogP contribution in [0.5, 0.6) is 11.5 Å². The van der Waals surface area contributed by atoms with E-state index in [9.17, 15) is 0 Å². The number of imidazole rings is 1. The maximum atomic E-state index is 6.20.